The van der Waals surface area contributed by atoms with Gasteiger partial charge >= 0.3 is 0 Å². The van der Waals surface area contributed by atoms with Crippen molar-refractivity contribution in [3.8, 4) is 0 Å². The monoisotopic (exact) mass is 301 g/mol. The third-order valence-electron chi connectivity index (χ3n) is 3.30. The molecule has 9 heteroatoms. The van der Waals surface area contributed by atoms with Crippen molar-refractivity contribution in [1.82, 2.24) is 4.31 Å². The van der Waals surface area contributed by atoms with E-state index in [1.165, 1.54) is 6.07 Å². The van der Waals surface area contributed by atoms with Gasteiger partial charge in [0.05, 0.1) is 11.5 Å². The highest BCUT2D eigenvalue weighted by molar-refractivity contribution is 7.89. The molecule has 0 aliphatic carbocycles. The summed E-state index contributed by atoms with van der Waals surface area (Å²) in [5.74, 6) is 0. The van der Waals surface area contributed by atoms with Crippen molar-refractivity contribution < 1.29 is 18.4 Å². The fourth-order valence-corrected chi connectivity index (χ4v) is 4.15. The number of rotatable bonds is 4. The molecule has 110 valence electrons. The Morgan fingerprint density at radius 2 is 2.20 bits per heavy atom. The standard InChI is InChI=1S/C11H15N3O5S/c12-8-3-4-11(10(6-8)14(16)17)20(18,19)13-5-1-2-9(13)7-15/h3-4,6,9,15H,1-2,5,7,12H2. The minimum atomic E-state index is -4.02. The molecule has 1 fully saturated rings. The lowest BCUT2D eigenvalue weighted by Gasteiger charge is -2.22. The summed E-state index contributed by atoms with van der Waals surface area (Å²) in [6.07, 6.45) is 1.16. The SMILES string of the molecule is Nc1ccc(S(=O)(=O)N2CCCC2CO)c([N+](=O)[O-])c1. The molecule has 1 aliphatic rings. The first-order valence-electron chi connectivity index (χ1n) is 6.04. The van der Waals surface area contributed by atoms with E-state index in [-0.39, 0.29) is 18.8 Å². The molecule has 8 nitrogen and oxygen atoms in total. The number of anilines is 1. The number of hydrogen-bond donors (Lipinski definition) is 2. The highest BCUT2D eigenvalue weighted by Crippen LogP contribution is 2.32. The second-order valence-electron chi connectivity index (χ2n) is 4.58. The lowest BCUT2D eigenvalue weighted by atomic mass is 10.2. The Bertz CT molecular complexity index is 631. The van der Waals surface area contributed by atoms with Crippen LogP contribution in [-0.2, 0) is 10.0 Å². The molecule has 0 saturated carbocycles. The van der Waals surface area contributed by atoms with Gasteiger partial charge in [-0.1, -0.05) is 0 Å². The topological polar surface area (TPSA) is 127 Å². The zero-order chi connectivity index (χ0) is 14.9. The first-order valence-corrected chi connectivity index (χ1v) is 7.48. The highest BCUT2D eigenvalue weighted by atomic mass is 32.2. The first kappa shape index (κ1) is 14.7. The quantitative estimate of drug-likeness (QED) is 0.468. The average Bonchev–Trinajstić information content (AvgIpc) is 2.87. The second kappa shape index (κ2) is 5.35. The van der Waals surface area contributed by atoms with Gasteiger partial charge in [-0.2, -0.15) is 4.31 Å². The van der Waals surface area contributed by atoms with Gasteiger partial charge in [0.1, 0.15) is 0 Å². The molecule has 0 amide bonds. The number of sulfonamides is 1. The summed E-state index contributed by atoms with van der Waals surface area (Å²) in [5.41, 5.74) is 5.04. The Labute approximate surface area is 116 Å². The molecule has 0 aromatic heterocycles. The van der Waals surface area contributed by atoms with Crippen molar-refractivity contribution >= 4 is 21.4 Å². The van der Waals surface area contributed by atoms with Crippen molar-refractivity contribution in [1.29, 1.82) is 0 Å². The Kier molecular flexibility index (Phi) is 3.93. The molecule has 1 atom stereocenters. The minimum absolute atomic E-state index is 0.121. The third kappa shape index (κ3) is 2.47. The van der Waals surface area contributed by atoms with E-state index in [0.717, 1.165) is 16.4 Å². The van der Waals surface area contributed by atoms with Gasteiger partial charge in [0.2, 0.25) is 10.0 Å². The maximum Gasteiger partial charge on any atom is 0.291 e. The largest absolute Gasteiger partial charge is 0.399 e. The third-order valence-corrected chi connectivity index (χ3v) is 5.30. The smallest absolute Gasteiger partial charge is 0.291 e. The number of nitro groups is 1. The van der Waals surface area contributed by atoms with E-state index in [4.69, 9.17) is 5.73 Å². The van der Waals surface area contributed by atoms with Gasteiger partial charge in [-0.15, -0.1) is 0 Å². The van der Waals surface area contributed by atoms with Crippen LogP contribution >= 0.6 is 0 Å². The molecular weight excluding hydrogens is 286 g/mol. The molecule has 1 unspecified atom stereocenters. The number of nitrogen functional groups attached to an aromatic ring is 1. The van der Waals surface area contributed by atoms with Crippen molar-refractivity contribution in [3.05, 3.63) is 28.3 Å². The normalized spacial score (nSPS) is 20.1. The number of aliphatic hydroxyl groups excluding tert-OH is 1. The number of aliphatic hydroxyl groups is 1. The Morgan fingerprint density at radius 1 is 1.50 bits per heavy atom. The average molecular weight is 301 g/mol. The maximum atomic E-state index is 12.5. The van der Waals surface area contributed by atoms with Gasteiger partial charge in [0.25, 0.3) is 5.69 Å². The minimum Gasteiger partial charge on any atom is -0.399 e. The molecule has 3 N–H and O–H groups in total. The molecule has 20 heavy (non-hydrogen) atoms. The second-order valence-corrected chi connectivity index (χ2v) is 6.44. The zero-order valence-electron chi connectivity index (χ0n) is 10.6. The van der Waals surface area contributed by atoms with E-state index < -0.39 is 31.6 Å². The fraction of sp³-hybridized carbons (Fsp3) is 0.455. The van der Waals surface area contributed by atoms with Crippen LogP contribution in [0.2, 0.25) is 0 Å². The van der Waals surface area contributed by atoms with Crippen LogP contribution in [0.25, 0.3) is 0 Å². The van der Waals surface area contributed by atoms with Gasteiger partial charge in [-0.25, -0.2) is 8.42 Å². The molecule has 1 heterocycles. The maximum absolute atomic E-state index is 12.5. The predicted octanol–water partition coefficient (Wildman–Crippen LogP) is 0.322. The summed E-state index contributed by atoms with van der Waals surface area (Å²) < 4.78 is 26.1. The molecule has 0 radical (unpaired) electrons. The van der Waals surface area contributed by atoms with Crippen LogP contribution in [0.15, 0.2) is 23.1 Å². The Balaban J connectivity index is 2.52. The molecule has 1 aliphatic heterocycles. The lowest BCUT2D eigenvalue weighted by molar-refractivity contribution is -0.387. The van der Waals surface area contributed by atoms with E-state index in [0.29, 0.717) is 12.8 Å². The lowest BCUT2D eigenvalue weighted by Crippen LogP contribution is -2.37. The summed E-state index contributed by atoms with van der Waals surface area (Å²) in [5, 5.41) is 20.2. The number of nitrogens with zero attached hydrogens (tertiary/aromatic N) is 2. The number of nitrogens with two attached hydrogens (primary N) is 1. The molecule has 0 spiro atoms. The molecule has 1 aromatic carbocycles. The van der Waals surface area contributed by atoms with E-state index in [2.05, 4.69) is 0 Å². The summed E-state index contributed by atoms with van der Waals surface area (Å²) in [7, 11) is -4.02. The summed E-state index contributed by atoms with van der Waals surface area (Å²) in [6.45, 7) is -0.0584. The van der Waals surface area contributed by atoms with Crippen LogP contribution in [-0.4, -0.2) is 41.9 Å². The highest BCUT2D eigenvalue weighted by Gasteiger charge is 2.38. The van der Waals surface area contributed by atoms with Gasteiger partial charge in [-0.3, -0.25) is 10.1 Å². The zero-order valence-corrected chi connectivity index (χ0v) is 11.4. The van der Waals surface area contributed by atoms with Crippen molar-refractivity contribution in [3.63, 3.8) is 0 Å². The Hall–Kier alpha value is -1.71. The van der Waals surface area contributed by atoms with Crippen LogP contribution in [0, 0.1) is 10.1 Å². The van der Waals surface area contributed by atoms with Gasteiger partial charge < -0.3 is 10.8 Å². The summed E-state index contributed by atoms with van der Waals surface area (Å²) in [4.78, 5) is 9.84. The number of benzene rings is 1. The fourth-order valence-electron chi connectivity index (χ4n) is 2.33. The predicted molar refractivity (Wildman–Crippen MR) is 71.5 cm³/mol. The van der Waals surface area contributed by atoms with Crippen LogP contribution in [0.3, 0.4) is 0 Å². The van der Waals surface area contributed by atoms with Crippen LogP contribution in [0.5, 0.6) is 0 Å². The number of hydrogen-bond acceptors (Lipinski definition) is 6. The van der Waals surface area contributed by atoms with Crippen molar-refractivity contribution in [2.45, 2.75) is 23.8 Å². The first-order chi connectivity index (χ1) is 9.37. The van der Waals surface area contributed by atoms with Gasteiger partial charge in [0, 0.05) is 24.3 Å². The van der Waals surface area contributed by atoms with Crippen LogP contribution < -0.4 is 5.73 Å². The molecule has 0 bridgehead atoms. The molecular formula is C11H15N3O5S. The van der Waals surface area contributed by atoms with E-state index in [1.807, 2.05) is 0 Å². The Morgan fingerprint density at radius 3 is 2.80 bits per heavy atom. The van der Waals surface area contributed by atoms with Crippen molar-refractivity contribution in [2.24, 2.45) is 0 Å². The van der Waals surface area contributed by atoms with E-state index in [9.17, 15) is 23.6 Å². The molecule has 1 saturated heterocycles. The number of nitro benzene ring substituents is 1. The van der Waals surface area contributed by atoms with E-state index in [1.54, 1.807) is 0 Å². The van der Waals surface area contributed by atoms with Crippen LogP contribution in [0.4, 0.5) is 11.4 Å². The van der Waals surface area contributed by atoms with Crippen LogP contribution in [0.1, 0.15) is 12.8 Å². The summed E-state index contributed by atoms with van der Waals surface area (Å²) in [6, 6.07) is 2.94. The van der Waals surface area contributed by atoms with Crippen molar-refractivity contribution in [2.75, 3.05) is 18.9 Å². The van der Waals surface area contributed by atoms with Gasteiger partial charge in [-0.05, 0) is 25.0 Å². The molecule has 1 aromatic rings. The van der Waals surface area contributed by atoms with Gasteiger partial charge in [0.15, 0.2) is 4.90 Å². The van der Waals surface area contributed by atoms with E-state index >= 15 is 0 Å². The molecule has 2 rings (SSSR count). The summed E-state index contributed by atoms with van der Waals surface area (Å²) >= 11 is 0.